The second-order valence-electron chi connectivity index (χ2n) is 4.73. The van der Waals surface area contributed by atoms with E-state index < -0.39 is 0 Å². The number of nitrogens with zero attached hydrogens (tertiary/aromatic N) is 1. The van der Waals surface area contributed by atoms with Gasteiger partial charge in [0, 0.05) is 32.2 Å². The van der Waals surface area contributed by atoms with Gasteiger partial charge in [0.05, 0.1) is 6.61 Å². The van der Waals surface area contributed by atoms with E-state index in [1.807, 2.05) is 18.7 Å². The SMILES string of the molecule is CCOCCN(CC)C(=O)C[C@@H]1CCC[C@H]1N.Cl. The molecule has 1 fully saturated rings. The van der Waals surface area contributed by atoms with Crippen LogP contribution in [0.5, 0.6) is 0 Å². The topological polar surface area (TPSA) is 55.6 Å². The van der Waals surface area contributed by atoms with Crippen LogP contribution < -0.4 is 5.73 Å². The van der Waals surface area contributed by atoms with Crippen molar-refractivity contribution in [1.29, 1.82) is 0 Å². The zero-order chi connectivity index (χ0) is 12.7. The van der Waals surface area contributed by atoms with E-state index >= 15 is 0 Å². The van der Waals surface area contributed by atoms with E-state index in [-0.39, 0.29) is 24.4 Å². The number of halogens is 1. The molecule has 0 aromatic rings. The van der Waals surface area contributed by atoms with Crippen LogP contribution in [0, 0.1) is 5.92 Å². The van der Waals surface area contributed by atoms with Crippen molar-refractivity contribution in [2.24, 2.45) is 11.7 Å². The average Bonchev–Trinajstić information content (AvgIpc) is 2.70. The molecule has 0 aliphatic heterocycles. The molecule has 0 radical (unpaired) electrons. The lowest BCUT2D eigenvalue weighted by Gasteiger charge is -2.23. The Kier molecular flexibility index (Phi) is 9.42. The molecule has 2 N–H and O–H groups in total. The Hall–Kier alpha value is -0.320. The molecule has 1 aliphatic carbocycles. The fourth-order valence-corrected chi connectivity index (χ4v) is 2.45. The van der Waals surface area contributed by atoms with E-state index in [9.17, 15) is 4.79 Å². The van der Waals surface area contributed by atoms with Crippen molar-refractivity contribution < 1.29 is 9.53 Å². The quantitative estimate of drug-likeness (QED) is 0.723. The van der Waals surface area contributed by atoms with Crippen LogP contribution >= 0.6 is 12.4 Å². The van der Waals surface area contributed by atoms with Crippen LogP contribution in [0.4, 0.5) is 0 Å². The lowest BCUT2D eigenvalue weighted by Crippen LogP contribution is -2.37. The number of amides is 1. The van der Waals surface area contributed by atoms with Crippen molar-refractivity contribution in [3.05, 3.63) is 0 Å². The maximum Gasteiger partial charge on any atom is 0.222 e. The number of hydrogen-bond acceptors (Lipinski definition) is 3. The first kappa shape index (κ1) is 17.7. The maximum atomic E-state index is 12.1. The molecule has 1 aliphatic rings. The van der Waals surface area contributed by atoms with Crippen molar-refractivity contribution in [3.63, 3.8) is 0 Å². The summed E-state index contributed by atoms with van der Waals surface area (Å²) >= 11 is 0. The number of likely N-dealkylation sites (N-methyl/N-ethyl adjacent to an activating group) is 1. The van der Waals surface area contributed by atoms with Gasteiger partial charge < -0.3 is 15.4 Å². The number of rotatable bonds is 7. The fraction of sp³-hybridized carbons (Fsp3) is 0.923. The molecule has 1 saturated carbocycles. The largest absolute Gasteiger partial charge is 0.380 e. The van der Waals surface area contributed by atoms with Crippen LogP contribution in [0.2, 0.25) is 0 Å². The predicted molar refractivity (Wildman–Crippen MR) is 75.9 cm³/mol. The van der Waals surface area contributed by atoms with Gasteiger partial charge in [-0.15, -0.1) is 12.4 Å². The Morgan fingerprint density at radius 3 is 2.61 bits per heavy atom. The van der Waals surface area contributed by atoms with Crippen LogP contribution in [0.3, 0.4) is 0 Å². The van der Waals surface area contributed by atoms with Gasteiger partial charge in [0.1, 0.15) is 0 Å². The van der Waals surface area contributed by atoms with Gasteiger partial charge in [-0.05, 0) is 32.6 Å². The number of carbonyl (C=O) groups excluding carboxylic acids is 1. The smallest absolute Gasteiger partial charge is 0.222 e. The van der Waals surface area contributed by atoms with Crippen molar-refractivity contribution in [2.75, 3.05) is 26.3 Å². The Labute approximate surface area is 117 Å². The van der Waals surface area contributed by atoms with Gasteiger partial charge in [-0.3, -0.25) is 4.79 Å². The molecule has 0 saturated heterocycles. The lowest BCUT2D eigenvalue weighted by atomic mass is 9.99. The monoisotopic (exact) mass is 278 g/mol. The van der Waals surface area contributed by atoms with E-state index in [0.717, 1.165) is 19.4 Å². The molecule has 5 heteroatoms. The highest BCUT2D eigenvalue weighted by molar-refractivity contribution is 5.85. The van der Waals surface area contributed by atoms with Gasteiger partial charge in [-0.2, -0.15) is 0 Å². The molecule has 108 valence electrons. The first-order chi connectivity index (χ1) is 8.19. The Morgan fingerprint density at radius 2 is 2.11 bits per heavy atom. The van der Waals surface area contributed by atoms with Gasteiger partial charge >= 0.3 is 0 Å². The molecular weight excluding hydrogens is 252 g/mol. The van der Waals surface area contributed by atoms with Crippen molar-refractivity contribution in [3.8, 4) is 0 Å². The molecule has 0 unspecified atom stereocenters. The summed E-state index contributed by atoms with van der Waals surface area (Å²) in [6, 6.07) is 0.226. The molecule has 1 rings (SSSR count). The van der Waals surface area contributed by atoms with Crippen LogP contribution in [-0.4, -0.2) is 43.2 Å². The van der Waals surface area contributed by atoms with Gasteiger partial charge in [0.15, 0.2) is 0 Å². The minimum Gasteiger partial charge on any atom is -0.380 e. The van der Waals surface area contributed by atoms with E-state index in [2.05, 4.69) is 0 Å². The molecule has 1 amide bonds. The third-order valence-electron chi connectivity index (χ3n) is 3.60. The summed E-state index contributed by atoms with van der Waals surface area (Å²) in [4.78, 5) is 14.0. The molecule has 0 bridgehead atoms. The maximum absolute atomic E-state index is 12.1. The fourth-order valence-electron chi connectivity index (χ4n) is 2.45. The number of ether oxygens (including phenoxy) is 1. The first-order valence-electron chi connectivity index (χ1n) is 6.80. The number of nitrogens with two attached hydrogens (primary N) is 1. The summed E-state index contributed by atoms with van der Waals surface area (Å²) in [5, 5.41) is 0. The standard InChI is InChI=1S/C13H26N2O2.ClH/c1-3-15(8-9-17-4-2)13(16)10-11-6-5-7-12(11)14;/h11-12H,3-10,14H2,1-2H3;1H/t11-,12+;/m0./s1. The van der Waals surface area contributed by atoms with E-state index in [0.29, 0.717) is 32.1 Å². The van der Waals surface area contributed by atoms with Gasteiger partial charge in [0.2, 0.25) is 5.91 Å². The van der Waals surface area contributed by atoms with Crippen LogP contribution in [0.15, 0.2) is 0 Å². The Morgan fingerprint density at radius 1 is 1.39 bits per heavy atom. The summed E-state index contributed by atoms with van der Waals surface area (Å²) in [6.07, 6.45) is 3.96. The highest BCUT2D eigenvalue weighted by Gasteiger charge is 2.27. The third kappa shape index (κ3) is 5.55. The molecular formula is C13H27ClN2O2. The minimum atomic E-state index is 0. The van der Waals surface area contributed by atoms with E-state index in [4.69, 9.17) is 10.5 Å². The predicted octanol–water partition coefficient (Wildman–Crippen LogP) is 1.81. The molecule has 0 aromatic heterocycles. The van der Waals surface area contributed by atoms with Crippen LogP contribution in [0.25, 0.3) is 0 Å². The summed E-state index contributed by atoms with van der Waals surface area (Å²) in [6.45, 7) is 6.78. The number of hydrogen-bond donors (Lipinski definition) is 1. The molecule has 2 atom stereocenters. The Bertz CT molecular complexity index is 239. The van der Waals surface area contributed by atoms with Gasteiger partial charge in [-0.1, -0.05) is 6.42 Å². The first-order valence-corrected chi connectivity index (χ1v) is 6.80. The van der Waals surface area contributed by atoms with Crippen molar-refractivity contribution in [2.45, 2.75) is 45.6 Å². The second-order valence-corrected chi connectivity index (χ2v) is 4.73. The third-order valence-corrected chi connectivity index (χ3v) is 3.60. The molecule has 4 nitrogen and oxygen atoms in total. The van der Waals surface area contributed by atoms with Gasteiger partial charge in [0.25, 0.3) is 0 Å². The highest BCUT2D eigenvalue weighted by Crippen LogP contribution is 2.27. The molecule has 0 spiro atoms. The molecule has 18 heavy (non-hydrogen) atoms. The van der Waals surface area contributed by atoms with Crippen molar-refractivity contribution in [1.82, 2.24) is 4.90 Å². The Balaban J connectivity index is 0.00000289. The summed E-state index contributed by atoms with van der Waals surface area (Å²) in [5.74, 6) is 0.623. The zero-order valence-electron chi connectivity index (χ0n) is 11.6. The zero-order valence-corrected chi connectivity index (χ0v) is 12.4. The minimum absolute atomic E-state index is 0. The second kappa shape index (κ2) is 9.59. The summed E-state index contributed by atoms with van der Waals surface area (Å²) in [5.41, 5.74) is 6.00. The van der Waals surface area contributed by atoms with Crippen LogP contribution in [0.1, 0.15) is 39.5 Å². The highest BCUT2D eigenvalue weighted by atomic mass is 35.5. The molecule has 0 aromatic carbocycles. The average molecular weight is 279 g/mol. The van der Waals surface area contributed by atoms with Crippen LogP contribution in [-0.2, 0) is 9.53 Å². The summed E-state index contributed by atoms with van der Waals surface area (Å²) < 4.78 is 5.29. The van der Waals surface area contributed by atoms with Crippen molar-refractivity contribution >= 4 is 18.3 Å². The number of carbonyl (C=O) groups is 1. The van der Waals surface area contributed by atoms with Gasteiger partial charge in [-0.25, -0.2) is 0 Å². The van der Waals surface area contributed by atoms with E-state index in [1.54, 1.807) is 0 Å². The molecule has 0 heterocycles. The summed E-state index contributed by atoms with van der Waals surface area (Å²) in [7, 11) is 0. The van der Waals surface area contributed by atoms with E-state index in [1.165, 1.54) is 6.42 Å². The lowest BCUT2D eigenvalue weighted by molar-refractivity contribution is -0.132. The normalized spacial score (nSPS) is 22.6.